The molecule has 1 N–H and O–H groups in total. The predicted octanol–water partition coefficient (Wildman–Crippen LogP) is 5.67. The van der Waals surface area contributed by atoms with Crippen molar-refractivity contribution in [3.63, 3.8) is 0 Å². The van der Waals surface area contributed by atoms with Crippen LogP contribution in [0.2, 0.25) is 0 Å². The normalized spacial score (nSPS) is 10.6. The van der Waals surface area contributed by atoms with Crippen molar-refractivity contribution in [1.82, 2.24) is 0 Å². The van der Waals surface area contributed by atoms with E-state index in [1.165, 1.54) is 37.5 Å². The number of methoxy groups -OCH3 is 1. The summed E-state index contributed by atoms with van der Waals surface area (Å²) in [7, 11) is 1.40. The van der Waals surface area contributed by atoms with Crippen molar-refractivity contribution < 1.29 is 24.2 Å². The van der Waals surface area contributed by atoms with E-state index in [1.54, 1.807) is 6.08 Å². The monoisotopic (exact) mass is 476 g/mol. The average Bonchev–Trinajstić information content (AvgIpc) is 2.91. The maximum atomic E-state index is 12.0. The van der Waals surface area contributed by atoms with Gasteiger partial charge in [-0.3, -0.25) is 4.79 Å². The Morgan fingerprint density at radius 1 is 0.833 bits per heavy atom. The van der Waals surface area contributed by atoms with Crippen LogP contribution in [0, 0.1) is 11.8 Å². The highest BCUT2D eigenvalue weighted by atomic mass is 16.5. The van der Waals surface area contributed by atoms with E-state index in [1.807, 2.05) is 54.6 Å². The molecule has 0 saturated heterocycles. The smallest absolute Gasteiger partial charge is 0.336 e. The second-order valence-electron chi connectivity index (χ2n) is 8.09. The molecule has 5 heteroatoms. The molecule has 0 aliphatic carbocycles. The number of ether oxygens (including phenoxy) is 2. The lowest BCUT2D eigenvalue weighted by Crippen LogP contribution is -2.03. The summed E-state index contributed by atoms with van der Waals surface area (Å²) in [5.74, 6) is 6.12. The number of aromatic hydroxyl groups is 1. The average molecular weight is 477 g/mol. The maximum Gasteiger partial charge on any atom is 0.336 e. The molecular formula is C31H24O5. The molecule has 0 aliphatic rings. The van der Waals surface area contributed by atoms with E-state index < -0.39 is 5.97 Å². The predicted molar refractivity (Wildman–Crippen MR) is 139 cm³/mol. The van der Waals surface area contributed by atoms with Crippen LogP contribution in [0.1, 0.15) is 28.7 Å². The molecule has 0 spiro atoms. The fraction of sp³-hybridized carbons (Fsp3) is 0.0968. The van der Waals surface area contributed by atoms with Crippen molar-refractivity contribution in [3.8, 4) is 23.3 Å². The number of aryl methyl sites for hydroxylation is 1. The Bertz CT molecular complexity index is 1470. The van der Waals surface area contributed by atoms with E-state index in [-0.39, 0.29) is 11.7 Å². The van der Waals surface area contributed by atoms with Crippen molar-refractivity contribution in [1.29, 1.82) is 0 Å². The third kappa shape index (κ3) is 6.85. The SMILES string of the molecule is COC(=O)CCc1ccc2cc(C#Cc3ccc(/C=C/C(=O)Oc4ccc(O)cc4)cc3)ccc2c1. The van der Waals surface area contributed by atoms with Crippen LogP contribution >= 0.6 is 0 Å². The molecule has 0 aliphatic heterocycles. The van der Waals surface area contributed by atoms with Gasteiger partial charge in [0.25, 0.3) is 0 Å². The maximum absolute atomic E-state index is 12.0. The van der Waals surface area contributed by atoms with Crippen molar-refractivity contribution in [2.75, 3.05) is 7.11 Å². The molecule has 178 valence electrons. The van der Waals surface area contributed by atoms with Gasteiger partial charge in [-0.25, -0.2) is 4.79 Å². The highest BCUT2D eigenvalue weighted by Crippen LogP contribution is 2.19. The Morgan fingerprint density at radius 3 is 2.25 bits per heavy atom. The Labute approximate surface area is 209 Å². The van der Waals surface area contributed by atoms with E-state index >= 15 is 0 Å². The molecule has 0 radical (unpaired) electrons. The van der Waals surface area contributed by atoms with Crippen molar-refractivity contribution in [2.45, 2.75) is 12.8 Å². The van der Waals surface area contributed by atoms with Gasteiger partial charge >= 0.3 is 11.9 Å². The van der Waals surface area contributed by atoms with E-state index in [0.717, 1.165) is 33.0 Å². The molecule has 4 aromatic rings. The summed E-state index contributed by atoms with van der Waals surface area (Å²) in [6, 6.07) is 25.7. The third-order valence-corrected chi connectivity index (χ3v) is 5.48. The second-order valence-corrected chi connectivity index (χ2v) is 8.09. The van der Waals surface area contributed by atoms with Gasteiger partial charge in [0.1, 0.15) is 11.5 Å². The fourth-order valence-electron chi connectivity index (χ4n) is 3.53. The van der Waals surface area contributed by atoms with Crippen molar-refractivity contribution >= 4 is 28.8 Å². The molecule has 0 unspecified atom stereocenters. The number of hydrogen-bond donors (Lipinski definition) is 1. The number of carbonyl (C=O) groups excluding carboxylic acids is 2. The highest BCUT2D eigenvalue weighted by molar-refractivity contribution is 5.88. The zero-order valence-electron chi connectivity index (χ0n) is 19.7. The van der Waals surface area contributed by atoms with E-state index in [2.05, 4.69) is 17.9 Å². The van der Waals surface area contributed by atoms with Crippen LogP contribution < -0.4 is 4.74 Å². The molecule has 36 heavy (non-hydrogen) atoms. The zero-order chi connectivity index (χ0) is 25.3. The van der Waals surface area contributed by atoms with E-state index in [0.29, 0.717) is 18.6 Å². The first-order chi connectivity index (χ1) is 17.5. The molecule has 4 aromatic carbocycles. The van der Waals surface area contributed by atoms with Gasteiger partial charge < -0.3 is 14.6 Å². The summed E-state index contributed by atoms with van der Waals surface area (Å²) in [5, 5.41) is 11.5. The summed E-state index contributed by atoms with van der Waals surface area (Å²) in [5.41, 5.74) is 3.70. The van der Waals surface area contributed by atoms with E-state index in [4.69, 9.17) is 9.47 Å². The lowest BCUT2D eigenvalue weighted by atomic mass is 10.0. The molecule has 5 nitrogen and oxygen atoms in total. The van der Waals surface area contributed by atoms with Crippen LogP contribution in [0.4, 0.5) is 0 Å². The van der Waals surface area contributed by atoms with Crippen LogP contribution in [0.25, 0.3) is 16.8 Å². The third-order valence-electron chi connectivity index (χ3n) is 5.48. The molecule has 0 heterocycles. The number of rotatable bonds is 6. The first kappa shape index (κ1) is 24.3. The number of phenolic OH excluding ortho intramolecular Hbond substituents is 1. The summed E-state index contributed by atoms with van der Waals surface area (Å²) in [6.07, 6.45) is 4.03. The number of esters is 2. The molecular weight excluding hydrogens is 452 g/mol. The molecule has 0 saturated carbocycles. The minimum absolute atomic E-state index is 0.108. The van der Waals surface area contributed by atoms with Crippen LogP contribution in [-0.4, -0.2) is 24.2 Å². The molecule has 0 amide bonds. The second kappa shape index (κ2) is 11.5. The Hall–Kier alpha value is -4.82. The van der Waals surface area contributed by atoms with Gasteiger partial charge in [-0.05, 0) is 82.9 Å². The minimum atomic E-state index is -0.503. The van der Waals surface area contributed by atoms with Crippen molar-refractivity contribution in [2.24, 2.45) is 0 Å². The van der Waals surface area contributed by atoms with Gasteiger partial charge in [0.2, 0.25) is 0 Å². The Morgan fingerprint density at radius 2 is 1.50 bits per heavy atom. The standard InChI is InChI=1S/C31H24O5/c1-35-30(33)18-11-25-9-13-26-20-24(8-12-27(26)21-25)7-6-22-2-4-23(5-3-22)10-19-31(34)36-29-16-14-28(32)15-17-29/h2-5,8-10,12-17,19-21,32H,11,18H2,1H3/b19-10+. The Balaban J connectivity index is 1.37. The summed E-state index contributed by atoms with van der Waals surface area (Å²) >= 11 is 0. The van der Waals surface area contributed by atoms with Crippen LogP contribution in [0.5, 0.6) is 11.5 Å². The summed E-state index contributed by atoms with van der Waals surface area (Å²) < 4.78 is 9.89. The van der Waals surface area contributed by atoms with Gasteiger partial charge in [-0.1, -0.05) is 48.2 Å². The molecule has 0 bridgehead atoms. The van der Waals surface area contributed by atoms with Crippen LogP contribution in [-0.2, 0) is 20.7 Å². The van der Waals surface area contributed by atoms with Gasteiger partial charge in [0, 0.05) is 23.6 Å². The lowest BCUT2D eigenvalue weighted by Gasteiger charge is -2.04. The first-order valence-electron chi connectivity index (χ1n) is 11.4. The summed E-state index contributed by atoms with van der Waals surface area (Å²) in [4.78, 5) is 23.3. The summed E-state index contributed by atoms with van der Waals surface area (Å²) in [6.45, 7) is 0. The first-order valence-corrected chi connectivity index (χ1v) is 11.4. The number of hydrogen-bond acceptors (Lipinski definition) is 5. The lowest BCUT2D eigenvalue weighted by molar-refractivity contribution is -0.140. The van der Waals surface area contributed by atoms with Gasteiger partial charge in [-0.15, -0.1) is 0 Å². The molecule has 0 aromatic heterocycles. The van der Waals surface area contributed by atoms with Crippen molar-refractivity contribution in [3.05, 3.63) is 113 Å². The topological polar surface area (TPSA) is 72.8 Å². The number of carbonyl (C=O) groups is 2. The van der Waals surface area contributed by atoms with Gasteiger partial charge in [0.15, 0.2) is 0 Å². The van der Waals surface area contributed by atoms with Crippen LogP contribution in [0.3, 0.4) is 0 Å². The quantitative estimate of drug-likeness (QED) is 0.168. The zero-order valence-corrected chi connectivity index (χ0v) is 19.7. The number of fused-ring (bicyclic) bond motifs is 1. The van der Waals surface area contributed by atoms with Gasteiger partial charge in [0.05, 0.1) is 7.11 Å². The van der Waals surface area contributed by atoms with Gasteiger partial charge in [-0.2, -0.15) is 0 Å². The molecule has 0 atom stereocenters. The molecule has 4 rings (SSSR count). The van der Waals surface area contributed by atoms with Crippen LogP contribution in [0.15, 0.2) is 91.0 Å². The fourth-order valence-corrected chi connectivity index (χ4v) is 3.53. The number of phenols is 1. The minimum Gasteiger partial charge on any atom is -0.508 e. The molecule has 0 fully saturated rings. The largest absolute Gasteiger partial charge is 0.508 e. The highest BCUT2D eigenvalue weighted by Gasteiger charge is 2.03. The number of benzene rings is 4. The Kier molecular flexibility index (Phi) is 7.80. The van der Waals surface area contributed by atoms with E-state index in [9.17, 15) is 14.7 Å².